The minimum atomic E-state index is -0.125. The molecule has 0 aliphatic carbocycles. The van der Waals surface area contributed by atoms with Crippen LogP contribution in [-0.2, 0) is 11.3 Å². The van der Waals surface area contributed by atoms with Crippen LogP contribution in [0.4, 0.5) is 5.69 Å². The van der Waals surface area contributed by atoms with E-state index in [-0.39, 0.29) is 49.7 Å². The van der Waals surface area contributed by atoms with Crippen LogP contribution >= 0.6 is 36.4 Å². The van der Waals surface area contributed by atoms with Gasteiger partial charge in [-0.1, -0.05) is 23.7 Å². The van der Waals surface area contributed by atoms with E-state index in [4.69, 9.17) is 21.8 Å². The van der Waals surface area contributed by atoms with E-state index < -0.39 is 0 Å². The summed E-state index contributed by atoms with van der Waals surface area (Å²) in [6.45, 7) is 2.90. The third-order valence-electron chi connectivity index (χ3n) is 4.28. The number of nitrogens with zero attached hydrogens (tertiary/aromatic N) is 2. The Bertz CT molecular complexity index is 792. The van der Waals surface area contributed by atoms with Gasteiger partial charge in [0.1, 0.15) is 12.0 Å². The van der Waals surface area contributed by atoms with Crippen LogP contribution in [0.15, 0.2) is 41.0 Å². The molecule has 1 aromatic heterocycles. The normalized spacial score (nSPS) is 14.0. The van der Waals surface area contributed by atoms with Gasteiger partial charge in [-0.2, -0.15) is 0 Å². The molecule has 2 amide bonds. The first-order chi connectivity index (χ1) is 12.6. The molecule has 0 saturated carbocycles. The molecule has 0 atom stereocenters. The van der Waals surface area contributed by atoms with E-state index in [0.717, 1.165) is 0 Å². The lowest BCUT2D eigenvalue weighted by molar-refractivity contribution is -0.117. The van der Waals surface area contributed by atoms with Crippen molar-refractivity contribution in [3.05, 3.63) is 52.9 Å². The van der Waals surface area contributed by atoms with Crippen molar-refractivity contribution in [1.82, 2.24) is 9.80 Å². The molecule has 2 heterocycles. The van der Waals surface area contributed by atoms with E-state index >= 15 is 0 Å². The molecule has 2 aromatic rings. The molecule has 1 saturated heterocycles. The average molecular weight is 450 g/mol. The Morgan fingerprint density at radius 1 is 1.14 bits per heavy atom. The van der Waals surface area contributed by atoms with E-state index in [1.807, 2.05) is 17.0 Å². The second-order valence-corrected chi connectivity index (χ2v) is 6.51. The van der Waals surface area contributed by atoms with Crippen LogP contribution in [0.3, 0.4) is 0 Å². The molecule has 0 bridgehead atoms. The largest absolute Gasteiger partial charge is 0.467 e. The molecule has 28 heavy (non-hydrogen) atoms. The molecule has 0 unspecified atom stereocenters. The first-order valence-corrected chi connectivity index (χ1v) is 8.78. The third-order valence-corrected chi connectivity index (χ3v) is 4.61. The number of benzene rings is 1. The van der Waals surface area contributed by atoms with Crippen LogP contribution in [0.2, 0.25) is 5.02 Å². The summed E-state index contributed by atoms with van der Waals surface area (Å²) in [6.07, 6.45) is 1.44. The fourth-order valence-corrected chi connectivity index (χ4v) is 3.03. The Balaban J connectivity index is 0.00000196. The Hall–Kier alpha value is -1.77. The number of anilines is 1. The van der Waals surface area contributed by atoms with Gasteiger partial charge in [-0.3, -0.25) is 14.5 Å². The first-order valence-electron chi connectivity index (χ1n) is 8.40. The second kappa shape index (κ2) is 11.3. The van der Waals surface area contributed by atoms with Crippen LogP contribution < -0.4 is 11.1 Å². The second-order valence-electron chi connectivity index (χ2n) is 6.10. The molecule has 3 N–H and O–H groups in total. The number of hydrogen-bond acceptors (Lipinski definition) is 5. The maximum atomic E-state index is 12.4. The van der Waals surface area contributed by atoms with Crippen molar-refractivity contribution in [2.45, 2.75) is 6.54 Å². The number of nitrogens with two attached hydrogens (primary N) is 1. The van der Waals surface area contributed by atoms with E-state index in [2.05, 4.69) is 5.32 Å². The standard InChI is InChI=1S/C18H21ClN4O3.2ClH/c19-15-3-1-2-4-16(15)21-17(24)11-22-5-7-23(8-6-22)18(25)13-9-14(10-20)26-12-13;;/h1-4,9,12H,5-8,10-11,20H2,(H,21,24);2*1H. The molecule has 10 heteroatoms. The minimum Gasteiger partial charge on any atom is -0.467 e. The molecule has 1 fully saturated rings. The van der Waals surface area contributed by atoms with Crippen LogP contribution in [0, 0.1) is 0 Å². The highest BCUT2D eigenvalue weighted by Gasteiger charge is 2.24. The fraction of sp³-hybridized carbons (Fsp3) is 0.333. The first kappa shape index (κ1) is 24.3. The van der Waals surface area contributed by atoms with Crippen LogP contribution in [0.5, 0.6) is 0 Å². The van der Waals surface area contributed by atoms with Crippen molar-refractivity contribution in [3.8, 4) is 0 Å². The van der Waals surface area contributed by atoms with Crippen LogP contribution in [-0.4, -0.2) is 54.3 Å². The Morgan fingerprint density at radius 2 is 1.82 bits per heavy atom. The number of piperazine rings is 1. The van der Waals surface area contributed by atoms with E-state index in [1.54, 1.807) is 23.1 Å². The summed E-state index contributed by atoms with van der Waals surface area (Å²) < 4.78 is 5.22. The van der Waals surface area contributed by atoms with Gasteiger partial charge in [0.05, 0.1) is 29.4 Å². The molecule has 1 aromatic carbocycles. The Kier molecular flexibility index (Phi) is 9.78. The van der Waals surface area contributed by atoms with Crippen LogP contribution in [0.25, 0.3) is 0 Å². The molecular weight excluding hydrogens is 427 g/mol. The smallest absolute Gasteiger partial charge is 0.257 e. The van der Waals surface area contributed by atoms with Crippen molar-refractivity contribution in [2.24, 2.45) is 5.73 Å². The lowest BCUT2D eigenvalue weighted by atomic mass is 10.2. The number of amides is 2. The van der Waals surface area contributed by atoms with Gasteiger partial charge >= 0.3 is 0 Å². The molecule has 154 valence electrons. The average Bonchev–Trinajstić information content (AvgIpc) is 3.13. The van der Waals surface area contributed by atoms with Gasteiger partial charge in [0, 0.05) is 26.2 Å². The van der Waals surface area contributed by atoms with Gasteiger partial charge in [0.25, 0.3) is 5.91 Å². The summed E-state index contributed by atoms with van der Waals surface area (Å²) in [4.78, 5) is 28.4. The maximum Gasteiger partial charge on any atom is 0.257 e. The van der Waals surface area contributed by atoms with Gasteiger partial charge in [-0.25, -0.2) is 0 Å². The number of carbonyl (C=O) groups is 2. The highest BCUT2D eigenvalue weighted by atomic mass is 35.5. The summed E-state index contributed by atoms with van der Waals surface area (Å²) in [5.41, 5.74) is 6.61. The predicted molar refractivity (Wildman–Crippen MR) is 114 cm³/mol. The van der Waals surface area contributed by atoms with E-state index in [0.29, 0.717) is 48.2 Å². The molecular formula is C18H23Cl3N4O3. The lowest BCUT2D eigenvalue weighted by Crippen LogP contribution is -2.50. The number of nitrogens with one attached hydrogen (secondary N) is 1. The number of furan rings is 1. The zero-order valence-corrected chi connectivity index (χ0v) is 17.5. The third kappa shape index (κ3) is 6.12. The van der Waals surface area contributed by atoms with Gasteiger partial charge in [-0.05, 0) is 18.2 Å². The van der Waals surface area contributed by atoms with E-state index in [1.165, 1.54) is 6.26 Å². The van der Waals surface area contributed by atoms with Gasteiger partial charge in [0.2, 0.25) is 5.91 Å². The monoisotopic (exact) mass is 448 g/mol. The summed E-state index contributed by atoms with van der Waals surface area (Å²) >= 11 is 6.05. The zero-order valence-electron chi connectivity index (χ0n) is 15.1. The van der Waals surface area contributed by atoms with Crippen molar-refractivity contribution in [1.29, 1.82) is 0 Å². The predicted octanol–water partition coefficient (Wildman–Crippen LogP) is 2.63. The highest BCUT2D eigenvalue weighted by molar-refractivity contribution is 6.33. The van der Waals surface area contributed by atoms with E-state index in [9.17, 15) is 9.59 Å². The highest BCUT2D eigenvalue weighted by Crippen LogP contribution is 2.20. The molecule has 1 aliphatic heterocycles. The molecule has 7 nitrogen and oxygen atoms in total. The van der Waals surface area contributed by atoms with Crippen molar-refractivity contribution in [2.75, 3.05) is 38.0 Å². The number of para-hydroxylation sites is 1. The SMILES string of the molecule is Cl.Cl.NCc1cc(C(=O)N2CCN(CC(=O)Nc3ccccc3Cl)CC2)co1. The molecule has 0 spiro atoms. The lowest BCUT2D eigenvalue weighted by Gasteiger charge is -2.34. The molecule has 0 radical (unpaired) electrons. The Labute approximate surface area is 181 Å². The van der Waals surface area contributed by atoms with Gasteiger partial charge < -0.3 is 20.4 Å². The van der Waals surface area contributed by atoms with Crippen molar-refractivity contribution in [3.63, 3.8) is 0 Å². The van der Waals surface area contributed by atoms with Gasteiger partial charge in [0.15, 0.2) is 0 Å². The quantitative estimate of drug-likeness (QED) is 0.732. The van der Waals surface area contributed by atoms with Gasteiger partial charge in [-0.15, -0.1) is 24.8 Å². The number of rotatable bonds is 5. The molecule has 1 aliphatic rings. The summed E-state index contributed by atoms with van der Waals surface area (Å²) in [7, 11) is 0. The molecule has 3 rings (SSSR count). The summed E-state index contributed by atoms with van der Waals surface area (Å²) in [5, 5.41) is 3.32. The summed E-state index contributed by atoms with van der Waals surface area (Å²) in [5.74, 6) is 0.386. The maximum absolute atomic E-state index is 12.4. The minimum absolute atomic E-state index is 0. The fourth-order valence-electron chi connectivity index (χ4n) is 2.85. The van der Waals surface area contributed by atoms with Crippen molar-refractivity contribution >= 4 is 53.9 Å². The Morgan fingerprint density at radius 3 is 2.43 bits per heavy atom. The number of halogens is 3. The summed E-state index contributed by atoms with van der Waals surface area (Å²) in [6, 6.07) is 8.79. The zero-order chi connectivity index (χ0) is 18.5. The van der Waals surface area contributed by atoms with Crippen LogP contribution in [0.1, 0.15) is 16.1 Å². The topological polar surface area (TPSA) is 91.8 Å². The number of carbonyl (C=O) groups excluding carboxylic acids is 2. The van der Waals surface area contributed by atoms with Crippen molar-refractivity contribution < 1.29 is 14.0 Å². The number of hydrogen-bond donors (Lipinski definition) is 2.